The molecule has 3 rings (SSSR count). The summed E-state index contributed by atoms with van der Waals surface area (Å²) in [5.41, 5.74) is 0.944. The van der Waals surface area contributed by atoms with Gasteiger partial charge in [-0.05, 0) is 37.7 Å². The fraction of sp³-hybridized carbons (Fsp3) is 0.571. The molecule has 2 aliphatic heterocycles. The number of fused-ring (bicyclic) bond motifs is 2. The number of aromatic nitrogens is 1. The molecule has 5 nitrogen and oxygen atoms in total. The lowest BCUT2D eigenvalue weighted by Crippen LogP contribution is -2.34. The van der Waals surface area contributed by atoms with Gasteiger partial charge in [0.05, 0.1) is 5.69 Å². The van der Waals surface area contributed by atoms with Crippen LogP contribution in [0.15, 0.2) is 16.7 Å². The van der Waals surface area contributed by atoms with Crippen molar-refractivity contribution < 1.29 is 14.4 Å². The molecule has 3 unspecified atom stereocenters. The van der Waals surface area contributed by atoms with E-state index in [1.54, 1.807) is 4.90 Å². The van der Waals surface area contributed by atoms with E-state index in [1.165, 1.54) is 0 Å². The SMILES string of the molecule is CCc1cc(/C=C/C2CC3CCC2N3C(=O)O)on1. The van der Waals surface area contributed by atoms with Crippen LogP contribution >= 0.6 is 0 Å². The van der Waals surface area contributed by atoms with Gasteiger partial charge in [0.1, 0.15) is 0 Å². The molecule has 3 atom stereocenters. The Morgan fingerprint density at radius 2 is 2.47 bits per heavy atom. The van der Waals surface area contributed by atoms with E-state index in [9.17, 15) is 9.90 Å². The van der Waals surface area contributed by atoms with Gasteiger partial charge in [0.25, 0.3) is 0 Å². The highest BCUT2D eigenvalue weighted by Crippen LogP contribution is 2.42. The average Bonchev–Trinajstić information content (AvgIpc) is 3.09. The molecule has 5 heteroatoms. The summed E-state index contributed by atoms with van der Waals surface area (Å²) >= 11 is 0. The van der Waals surface area contributed by atoms with Crippen LogP contribution in [0, 0.1) is 5.92 Å². The van der Waals surface area contributed by atoms with Crippen molar-refractivity contribution in [2.75, 3.05) is 0 Å². The van der Waals surface area contributed by atoms with Gasteiger partial charge in [-0.1, -0.05) is 18.2 Å². The van der Waals surface area contributed by atoms with Gasteiger partial charge in [0, 0.05) is 18.2 Å². The van der Waals surface area contributed by atoms with E-state index in [0.717, 1.165) is 37.1 Å². The predicted octanol–water partition coefficient (Wildman–Crippen LogP) is 2.78. The van der Waals surface area contributed by atoms with Gasteiger partial charge >= 0.3 is 6.09 Å². The van der Waals surface area contributed by atoms with Crippen molar-refractivity contribution in [1.29, 1.82) is 0 Å². The molecule has 2 fully saturated rings. The Labute approximate surface area is 111 Å². The van der Waals surface area contributed by atoms with Crippen molar-refractivity contribution in [3.05, 3.63) is 23.6 Å². The van der Waals surface area contributed by atoms with Crippen molar-refractivity contribution in [2.45, 2.75) is 44.7 Å². The maximum Gasteiger partial charge on any atom is 0.407 e. The summed E-state index contributed by atoms with van der Waals surface area (Å²) < 4.78 is 5.20. The molecule has 1 amide bonds. The molecule has 0 saturated carbocycles. The maximum atomic E-state index is 11.2. The monoisotopic (exact) mass is 262 g/mol. The minimum atomic E-state index is -0.781. The number of hydrogen-bond donors (Lipinski definition) is 1. The van der Waals surface area contributed by atoms with E-state index in [1.807, 2.05) is 19.1 Å². The van der Waals surface area contributed by atoms with Crippen molar-refractivity contribution in [3.8, 4) is 0 Å². The summed E-state index contributed by atoms with van der Waals surface area (Å²) in [4.78, 5) is 12.8. The third-order valence-electron chi connectivity index (χ3n) is 4.25. The standard InChI is InChI=1S/C14H18N2O3/c1-2-10-8-12(19-15-10)5-3-9-7-11-4-6-13(9)16(11)14(17)18/h3,5,8-9,11,13H,2,4,6-7H2,1H3,(H,17,18)/b5-3+. The molecule has 102 valence electrons. The minimum absolute atomic E-state index is 0.146. The van der Waals surface area contributed by atoms with Crippen molar-refractivity contribution in [3.63, 3.8) is 0 Å². The molecule has 0 aliphatic carbocycles. The zero-order valence-corrected chi connectivity index (χ0v) is 11.0. The fourth-order valence-corrected chi connectivity index (χ4v) is 3.33. The van der Waals surface area contributed by atoms with Gasteiger partial charge in [0.2, 0.25) is 0 Å². The highest BCUT2D eigenvalue weighted by molar-refractivity contribution is 5.67. The normalized spacial score (nSPS) is 29.5. The largest absolute Gasteiger partial charge is 0.465 e. The predicted molar refractivity (Wildman–Crippen MR) is 69.7 cm³/mol. The number of rotatable bonds is 3. The summed E-state index contributed by atoms with van der Waals surface area (Å²) in [5, 5.41) is 13.1. The number of amides is 1. The number of carboxylic acid groups (broad SMARTS) is 1. The van der Waals surface area contributed by atoms with Crippen LogP contribution in [-0.2, 0) is 6.42 Å². The van der Waals surface area contributed by atoms with Crippen LogP contribution in [0.4, 0.5) is 4.79 Å². The summed E-state index contributed by atoms with van der Waals surface area (Å²) in [7, 11) is 0. The molecule has 1 aromatic heterocycles. The van der Waals surface area contributed by atoms with Crippen LogP contribution in [0.2, 0.25) is 0 Å². The zero-order valence-electron chi connectivity index (χ0n) is 11.0. The molecule has 19 heavy (non-hydrogen) atoms. The smallest absolute Gasteiger partial charge is 0.407 e. The molecular weight excluding hydrogens is 244 g/mol. The van der Waals surface area contributed by atoms with E-state index < -0.39 is 6.09 Å². The van der Waals surface area contributed by atoms with Gasteiger partial charge in [0.15, 0.2) is 5.76 Å². The lowest BCUT2D eigenvalue weighted by Gasteiger charge is -2.19. The Morgan fingerprint density at radius 3 is 3.11 bits per heavy atom. The Morgan fingerprint density at radius 1 is 1.63 bits per heavy atom. The first-order valence-electron chi connectivity index (χ1n) is 6.84. The van der Waals surface area contributed by atoms with Crippen LogP contribution in [0.25, 0.3) is 6.08 Å². The molecule has 1 aromatic rings. The van der Waals surface area contributed by atoms with E-state index in [0.29, 0.717) is 5.92 Å². The first-order valence-corrected chi connectivity index (χ1v) is 6.84. The molecular formula is C14H18N2O3. The topological polar surface area (TPSA) is 66.6 Å². The van der Waals surface area contributed by atoms with Gasteiger partial charge in [-0.15, -0.1) is 0 Å². The first kappa shape index (κ1) is 12.3. The van der Waals surface area contributed by atoms with E-state index >= 15 is 0 Å². The Bertz CT molecular complexity index is 509. The number of aryl methyl sites for hydroxylation is 1. The highest BCUT2D eigenvalue weighted by Gasteiger charge is 2.47. The lowest BCUT2D eigenvalue weighted by atomic mass is 9.89. The Kier molecular flexibility index (Phi) is 3.05. The molecule has 2 saturated heterocycles. The van der Waals surface area contributed by atoms with Crippen molar-refractivity contribution >= 4 is 12.2 Å². The first-order chi connectivity index (χ1) is 9.19. The van der Waals surface area contributed by atoms with Crippen LogP contribution in [0.5, 0.6) is 0 Å². The number of carbonyl (C=O) groups is 1. The molecule has 0 spiro atoms. The van der Waals surface area contributed by atoms with Crippen LogP contribution in [-0.4, -0.2) is 33.3 Å². The second kappa shape index (κ2) is 4.72. The summed E-state index contributed by atoms with van der Waals surface area (Å²) in [5.74, 6) is 1.06. The minimum Gasteiger partial charge on any atom is -0.465 e. The lowest BCUT2D eigenvalue weighted by molar-refractivity contribution is 0.137. The molecule has 0 aromatic carbocycles. The summed E-state index contributed by atoms with van der Waals surface area (Å²) in [6.45, 7) is 2.03. The Hall–Kier alpha value is -1.78. The molecule has 0 radical (unpaired) electrons. The maximum absolute atomic E-state index is 11.2. The van der Waals surface area contributed by atoms with Crippen molar-refractivity contribution in [2.24, 2.45) is 5.92 Å². The number of hydrogen-bond acceptors (Lipinski definition) is 3. The zero-order chi connectivity index (χ0) is 13.4. The van der Waals surface area contributed by atoms with Crippen molar-refractivity contribution in [1.82, 2.24) is 10.1 Å². The second-order valence-electron chi connectivity index (χ2n) is 5.32. The molecule has 1 N–H and O–H groups in total. The van der Waals surface area contributed by atoms with Crippen LogP contribution in [0.1, 0.15) is 37.6 Å². The third kappa shape index (κ3) is 2.13. The van der Waals surface area contributed by atoms with Gasteiger partial charge in [-0.2, -0.15) is 0 Å². The van der Waals surface area contributed by atoms with E-state index in [-0.39, 0.29) is 12.1 Å². The fourth-order valence-electron chi connectivity index (χ4n) is 3.33. The quantitative estimate of drug-likeness (QED) is 0.909. The van der Waals surface area contributed by atoms with Gasteiger partial charge in [-0.25, -0.2) is 4.79 Å². The molecule has 2 aliphatic rings. The van der Waals surface area contributed by atoms with Gasteiger partial charge in [-0.3, -0.25) is 0 Å². The van der Waals surface area contributed by atoms with E-state index in [2.05, 4.69) is 11.2 Å². The Balaban J connectivity index is 1.70. The second-order valence-corrected chi connectivity index (χ2v) is 5.32. The summed E-state index contributed by atoms with van der Waals surface area (Å²) in [6, 6.07) is 2.28. The van der Waals surface area contributed by atoms with E-state index in [4.69, 9.17) is 4.52 Å². The van der Waals surface area contributed by atoms with Gasteiger partial charge < -0.3 is 14.5 Å². The van der Waals surface area contributed by atoms with Crippen LogP contribution in [0.3, 0.4) is 0 Å². The highest BCUT2D eigenvalue weighted by atomic mass is 16.5. The molecule has 2 bridgehead atoms. The third-order valence-corrected chi connectivity index (χ3v) is 4.25. The molecule has 3 heterocycles. The summed E-state index contributed by atoms with van der Waals surface area (Å²) in [6.07, 6.45) is 7.00. The number of nitrogens with zero attached hydrogens (tertiary/aromatic N) is 2. The average molecular weight is 262 g/mol. The van der Waals surface area contributed by atoms with Crippen LogP contribution < -0.4 is 0 Å².